The number of carboxylic acid groups (broad SMARTS) is 1. The van der Waals surface area contributed by atoms with E-state index in [-0.39, 0.29) is 12.5 Å². The Morgan fingerprint density at radius 2 is 1.59 bits per heavy atom. The predicted octanol–water partition coefficient (Wildman–Crippen LogP) is 5.13. The molecule has 1 aromatic heterocycles. The maximum Gasteiger partial charge on any atom is 0.304 e. The normalized spacial score (nSPS) is 12.4. The van der Waals surface area contributed by atoms with Gasteiger partial charge in [-0.15, -0.1) is 0 Å². The molecule has 0 saturated carbocycles. The standard InChI is InChI=1S/C31H38N4O2/c1-34(35(24-26-13-6-3-7-14-26)19-10-15-25-11-4-2-5-12-25)20-18-32-28(22-31(36)37)21-27-23-33-30-17-9-8-16-29(27)30/h2-9,11-14,16-17,23,28,32-33H,10,15,18-22,24H2,1H3,(H,36,37)/t28-/m0/s1. The van der Waals surface area contributed by atoms with E-state index in [1.165, 1.54) is 11.1 Å². The number of aryl methyl sites for hydroxylation is 1. The van der Waals surface area contributed by atoms with Gasteiger partial charge in [-0.05, 0) is 42.0 Å². The predicted molar refractivity (Wildman–Crippen MR) is 150 cm³/mol. The summed E-state index contributed by atoms with van der Waals surface area (Å²) in [5.74, 6) is -0.780. The van der Waals surface area contributed by atoms with Crippen molar-refractivity contribution in [2.24, 2.45) is 0 Å². The molecule has 3 N–H and O–H groups in total. The third kappa shape index (κ3) is 8.29. The molecule has 1 atom stereocenters. The van der Waals surface area contributed by atoms with E-state index in [0.29, 0.717) is 13.0 Å². The molecule has 4 aromatic rings. The molecule has 0 saturated heterocycles. The zero-order valence-corrected chi connectivity index (χ0v) is 21.6. The molecule has 0 unspecified atom stereocenters. The second kappa shape index (κ2) is 13.7. The maximum atomic E-state index is 11.6. The van der Waals surface area contributed by atoms with Gasteiger partial charge < -0.3 is 15.4 Å². The highest BCUT2D eigenvalue weighted by atomic mass is 16.4. The summed E-state index contributed by atoms with van der Waals surface area (Å²) < 4.78 is 0. The number of aromatic nitrogens is 1. The number of likely N-dealkylation sites (N-methyl/N-ethyl adjacent to an activating group) is 1. The number of fused-ring (bicyclic) bond motifs is 1. The van der Waals surface area contributed by atoms with Gasteiger partial charge in [-0.25, -0.2) is 10.0 Å². The van der Waals surface area contributed by atoms with Crippen LogP contribution in [0.25, 0.3) is 10.9 Å². The summed E-state index contributed by atoms with van der Waals surface area (Å²) in [6, 6.07) is 29.2. The second-order valence-electron chi connectivity index (χ2n) is 9.66. The van der Waals surface area contributed by atoms with Gasteiger partial charge in [-0.2, -0.15) is 0 Å². The quantitative estimate of drug-likeness (QED) is 0.198. The van der Waals surface area contributed by atoms with E-state index >= 15 is 0 Å². The zero-order chi connectivity index (χ0) is 25.9. The monoisotopic (exact) mass is 498 g/mol. The molecule has 37 heavy (non-hydrogen) atoms. The lowest BCUT2D eigenvalue weighted by molar-refractivity contribution is -0.137. The second-order valence-corrected chi connectivity index (χ2v) is 9.66. The number of aliphatic carboxylic acids is 1. The van der Waals surface area contributed by atoms with Crippen LogP contribution in [0, 0.1) is 0 Å². The number of rotatable bonds is 15. The molecule has 6 nitrogen and oxygen atoms in total. The van der Waals surface area contributed by atoms with Crippen LogP contribution in [0.5, 0.6) is 0 Å². The first-order valence-electron chi connectivity index (χ1n) is 13.1. The Morgan fingerprint density at radius 3 is 2.32 bits per heavy atom. The number of hydrogen-bond acceptors (Lipinski definition) is 4. The van der Waals surface area contributed by atoms with Crippen LogP contribution >= 0.6 is 0 Å². The Balaban J connectivity index is 1.34. The summed E-state index contributed by atoms with van der Waals surface area (Å²) in [5, 5.41) is 18.9. The van der Waals surface area contributed by atoms with Crippen LogP contribution < -0.4 is 5.32 Å². The molecule has 3 aromatic carbocycles. The van der Waals surface area contributed by atoms with Crippen molar-refractivity contribution in [2.75, 3.05) is 26.7 Å². The fourth-order valence-electron chi connectivity index (χ4n) is 4.84. The van der Waals surface area contributed by atoms with Gasteiger partial charge >= 0.3 is 5.97 Å². The number of carboxylic acids is 1. The Bertz CT molecular complexity index is 1230. The molecular weight excluding hydrogens is 460 g/mol. The number of benzene rings is 3. The molecule has 4 rings (SSSR count). The molecule has 0 aliphatic carbocycles. The Labute approximate surface area is 219 Å². The van der Waals surface area contributed by atoms with Gasteiger partial charge in [0, 0.05) is 56.4 Å². The summed E-state index contributed by atoms with van der Waals surface area (Å²) in [7, 11) is 2.12. The zero-order valence-electron chi connectivity index (χ0n) is 21.6. The summed E-state index contributed by atoms with van der Waals surface area (Å²) in [4.78, 5) is 14.9. The largest absolute Gasteiger partial charge is 0.481 e. The summed E-state index contributed by atoms with van der Waals surface area (Å²) >= 11 is 0. The smallest absolute Gasteiger partial charge is 0.304 e. The fraction of sp³-hybridized carbons (Fsp3) is 0.323. The molecular formula is C31H38N4O2. The summed E-state index contributed by atoms with van der Waals surface area (Å²) in [6.45, 7) is 3.30. The molecule has 0 spiro atoms. The van der Waals surface area contributed by atoms with Crippen LogP contribution in [-0.4, -0.2) is 58.8 Å². The molecule has 0 bridgehead atoms. The van der Waals surface area contributed by atoms with Crippen LogP contribution in [-0.2, 0) is 24.2 Å². The number of aromatic amines is 1. The van der Waals surface area contributed by atoms with Crippen LogP contribution in [0.15, 0.2) is 91.1 Å². The number of nitrogens with one attached hydrogen (secondary N) is 2. The highest BCUT2D eigenvalue weighted by Crippen LogP contribution is 2.20. The van der Waals surface area contributed by atoms with Gasteiger partial charge in [-0.3, -0.25) is 4.79 Å². The van der Waals surface area contributed by atoms with E-state index in [1.807, 2.05) is 30.5 Å². The van der Waals surface area contributed by atoms with Crippen molar-refractivity contribution in [3.63, 3.8) is 0 Å². The van der Waals surface area contributed by atoms with E-state index < -0.39 is 5.97 Å². The van der Waals surface area contributed by atoms with Crippen molar-refractivity contribution in [1.29, 1.82) is 0 Å². The lowest BCUT2D eigenvalue weighted by atomic mass is 10.0. The topological polar surface area (TPSA) is 71.6 Å². The average Bonchev–Trinajstić information content (AvgIpc) is 3.31. The van der Waals surface area contributed by atoms with Gasteiger partial charge in [0.1, 0.15) is 0 Å². The van der Waals surface area contributed by atoms with Crippen LogP contribution in [0.1, 0.15) is 29.5 Å². The number of nitrogens with zero attached hydrogens (tertiary/aromatic N) is 2. The molecule has 0 radical (unpaired) electrons. The van der Waals surface area contributed by atoms with Crippen molar-refractivity contribution < 1.29 is 9.90 Å². The van der Waals surface area contributed by atoms with Gasteiger partial charge in [0.15, 0.2) is 0 Å². The molecule has 6 heteroatoms. The maximum absolute atomic E-state index is 11.6. The van der Waals surface area contributed by atoms with Crippen molar-refractivity contribution in [3.8, 4) is 0 Å². The fourth-order valence-corrected chi connectivity index (χ4v) is 4.84. The SMILES string of the molecule is CN(CCN[C@H](CC(=O)O)Cc1c[nH]c2ccccc12)N(CCCc1ccccc1)Cc1ccccc1. The number of H-pyrrole nitrogens is 1. The van der Waals surface area contributed by atoms with Gasteiger partial charge in [0.05, 0.1) is 6.42 Å². The summed E-state index contributed by atoms with van der Waals surface area (Å²) in [5.41, 5.74) is 4.87. The van der Waals surface area contributed by atoms with Crippen LogP contribution in [0.2, 0.25) is 0 Å². The van der Waals surface area contributed by atoms with Gasteiger partial charge in [0.25, 0.3) is 0 Å². The molecule has 0 aliphatic heterocycles. The first-order chi connectivity index (χ1) is 18.1. The van der Waals surface area contributed by atoms with Crippen LogP contribution in [0.3, 0.4) is 0 Å². The minimum absolute atomic E-state index is 0.0913. The van der Waals surface area contributed by atoms with E-state index in [2.05, 4.69) is 88.0 Å². The van der Waals surface area contributed by atoms with E-state index in [4.69, 9.17) is 0 Å². The molecule has 0 fully saturated rings. The van der Waals surface area contributed by atoms with Crippen molar-refractivity contribution >= 4 is 16.9 Å². The minimum atomic E-state index is -0.780. The third-order valence-electron chi connectivity index (χ3n) is 6.85. The molecule has 0 amide bonds. The first-order valence-corrected chi connectivity index (χ1v) is 13.1. The lowest BCUT2D eigenvalue weighted by Gasteiger charge is -2.33. The highest BCUT2D eigenvalue weighted by Gasteiger charge is 2.17. The molecule has 194 valence electrons. The highest BCUT2D eigenvalue weighted by molar-refractivity contribution is 5.83. The number of para-hydroxylation sites is 1. The van der Waals surface area contributed by atoms with Crippen LogP contribution in [0.4, 0.5) is 0 Å². The van der Waals surface area contributed by atoms with E-state index in [9.17, 15) is 9.90 Å². The number of hydrogen-bond donors (Lipinski definition) is 3. The molecule has 1 heterocycles. The average molecular weight is 499 g/mol. The lowest BCUT2D eigenvalue weighted by Crippen LogP contribution is -2.45. The van der Waals surface area contributed by atoms with E-state index in [1.54, 1.807) is 0 Å². The molecule has 0 aliphatic rings. The number of carbonyl (C=O) groups is 1. The van der Waals surface area contributed by atoms with Crippen molar-refractivity contribution in [2.45, 2.75) is 38.3 Å². The first kappa shape index (κ1) is 26.6. The Morgan fingerprint density at radius 1 is 0.919 bits per heavy atom. The number of hydrazine groups is 1. The Hall–Kier alpha value is -3.45. The van der Waals surface area contributed by atoms with Crippen molar-refractivity contribution in [1.82, 2.24) is 20.3 Å². The Kier molecular flexibility index (Phi) is 9.89. The van der Waals surface area contributed by atoms with Gasteiger partial charge in [0.2, 0.25) is 0 Å². The van der Waals surface area contributed by atoms with Crippen molar-refractivity contribution in [3.05, 3.63) is 108 Å². The van der Waals surface area contributed by atoms with Gasteiger partial charge in [-0.1, -0.05) is 78.9 Å². The third-order valence-corrected chi connectivity index (χ3v) is 6.85. The summed E-state index contributed by atoms with van der Waals surface area (Å²) in [6.07, 6.45) is 4.88. The van der Waals surface area contributed by atoms with E-state index in [0.717, 1.165) is 48.9 Å². The minimum Gasteiger partial charge on any atom is -0.481 e.